The molecule has 2 N–H and O–H groups in total. The van der Waals surface area contributed by atoms with Crippen LogP contribution in [0.15, 0.2) is 42.6 Å². The molecule has 1 fully saturated rings. The molecular formula is C20H19F3N4O5. The number of pyridine rings is 1. The van der Waals surface area contributed by atoms with Crippen LogP contribution in [0.1, 0.15) is 25.3 Å². The topological polar surface area (TPSA) is 110 Å². The van der Waals surface area contributed by atoms with Crippen LogP contribution in [0, 0.1) is 0 Å². The van der Waals surface area contributed by atoms with Crippen molar-refractivity contribution in [1.29, 1.82) is 0 Å². The van der Waals surface area contributed by atoms with Gasteiger partial charge in [0.2, 0.25) is 0 Å². The second-order valence-corrected chi connectivity index (χ2v) is 6.75. The van der Waals surface area contributed by atoms with Crippen molar-refractivity contribution in [3.8, 4) is 5.75 Å². The van der Waals surface area contributed by atoms with Crippen molar-refractivity contribution in [1.82, 2.24) is 10.3 Å². The minimum Gasteiger partial charge on any atom is -0.450 e. The maximum Gasteiger partial charge on any atom is 0.573 e. The second-order valence-electron chi connectivity index (χ2n) is 6.75. The molecule has 0 aliphatic carbocycles. The molecule has 0 radical (unpaired) electrons. The summed E-state index contributed by atoms with van der Waals surface area (Å²) in [5.41, 5.74) is 0.706. The van der Waals surface area contributed by atoms with E-state index in [1.807, 2.05) is 0 Å². The van der Waals surface area contributed by atoms with E-state index in [1.165, 1.54) is 18.3 Å². The van der Waals surface area contributed by atoms with E-state index in [0.717, 1.165) is 17.0 Å². The SMILES string of the molecule is CCOC(=O)Nc1cc(C(C)C2NC(=O)N(c3ccc(OC(F)(F)F)cc3)C2=O)ccn1. The minimum absolute atomic E-state index is 0.0936. The molecule has 0 bridgehead atoms. The third kappa shape index (κ3) is 5.25. The molecular weight excluding hydrogens is 433 g/mol. The molecule has 1 aromatic heterocycles. The first kappa shape index (κ1) is 22.8. The zero-order valence-electron chi connectivity index (χ0n) is 17.0. The van der Waals surface area contributed by atoms with Crippen molar-refractivity contribution in [3.05, 3.63) is 48.2 Å². The summed E-state index contributed by atoms with van der Waals surface area (Å²) in [6.07, 6.45) is -4.10. The van der Waals surface area contributed by atoms with Crippen LogP contribution in [0.5, 0.6) is 5.75 Å². The zero-order valence-corrected chi connectivity index (χ0v) is 17.0. The fourth-order valence-corrected chi connectivity index (χ4v) is 3.14. The molecule has 2 heterocycles. The summed E-state index contributed by atoms with van der Waals surface area (Å²) in [6.45, 7) is 3.54. The number of aromatic nitrogens is 1. The molecule has 3 rings (SSSR count). The van der Waals surface area contributed by atoms with Gasteiger partial charge >= 0.3 is 18.5 Å². The van der Waals surface area contributed by atoms with Gasteiger partial charge in [-0.15, -0.1) is 13.2 Å². The maximum atomic E-state index is 12.9. The van der Waals surface area contributed by atoms with Crippen LogP contribution in [0.4, 0.5) is 34.3 Å². The summed E-state index contributed by atoms with van der Waals surface area (Å²) >= 11 is 0. The van der Waals surface area contributed by atoms with E-state index in [-0.39, 0.29) is 18.1 Å². The van der Waals surface area contributed by atoms with Gasteiger partial charge in [0.15, 0.2) is 0 Å². The predicted molar refractivity (Wildman–Crippen MR) is 106 cm³/mol. The highest BCUT2D eigenvalue weighted by atomic mass is 19.4. The van der Waals surface area contributed by atoms with Gasteiger partial charge in [-0.25, -0.2) is 19.5 Å². The van der Waals surface area contributed by atoms with Crippen LogP contribution in [0.2, 0.25) is 0 Å². The summed E-state index contributed by atoms with van der Waals surface area (Å²) in [5, 5.41) is 5.04. The number of ether oxygens (including phenoxy) is 2. The molecule has 2 atom stereocenters. The quantitative estimate of drug-likeness (QED) is 0.646. The van der Waals surface area contributed by atoms with E-state index in [2.05, 4.69) is 20.4 Å². The van der Waals surface area contributed by atoms with Crippen molar-refractivity contribution < 1.29 is 37.0 Å². The Kier molecular flexibility index (Phi) is 6.51. The summed E-state index contributed by atoms with van der Waals surface area (Å²) in [4.78, 5) is 41.8. The first-order valence-corrected chi connectivity index (χ1v) is 9.49. The van der Waals surface area contributed by atoms with Gasteiger partial charge in [0.1, 0.15) is 17.6 Å². The van der Waals surface area contributed by atoms with Crippen LogP contribution in [0.3, 0.4) is 0 Å². The molecule has 32 heavy (non-hydrogen) atoms. The van der Waals surface area contributed by atoms with Crippen LogP contribution < -0.4 is 20.3 Å². The Morgan fingerprint density at radius 2 is 1.94 bits per heavy atom. The fourth-order valence-electron chi connectivity index (χ4n) is 3.14. The van der Waals surface area contributed by atoms with E-state index in [4.69, 9.17) is 4.74 Å². The number of anilines is 2. The minimum atomic E-state index is -4.85. The van der Waals surface area contributed by atoms with Gasteiger partial charge in [-0.1, -0.05) is 6.92 Å². The largest absolute Gasteiger partial charge is 0.573 e. The normalized spacial score (nSPS) is 17.0. The van der Waals surface area contributed by atoms with Gasteiger partial charge in [0.05, 0.1) is 12.3 Å². The lowest BCUT2D eigenvalue weighted by Crippen LogP contribution is -2.35. The number of amides is 4. The highest BCUT2D eigenvalue weighted by Crippen LogP contribution is 2.30. The Labute approximate surface area is 180 Å². The number of hydrogen-bond acceptors (Lipinski definition) is 6. The Hall–Kier alpha value is -3.83. The van der Waals surface area contributed by atoms with E-state index in [1.54, 1.807) is 26.0 Å². The van der Waals surface area contributed by atoms with Crippen LogP contribution in [0.25, 0.3) is 0 Å². The average Bonchev–Trinajstić information content (AvgIpc) is 3.01. The lowest BCUT2D eigenvalue weighted by atomic mass is 9.94. The van der Waals surface area contributed by atoms with E-state index in [9.17, 15) is 27.6 Å². The number of imide groups is 1. The smallest absolute Gasteiger partial charge is 0.450 e. The summed E-state index contributed by atoms with van der Waals surface area (Å²) < 4.78 is 45.5. The van der Waals surface area contributed by atoms with Gasteiger partial charge in [-0.2, -0.15) is 0 Å². The van der Waals surface area contributed by atoms with Crippen molar-refractivity contribution in [2.24, 2.45) is 0 Å². The van der Waals surface area contributed by atoms with Crippen molar-refractivity contribution in [2.75, 3.05) is 16.8 Å². The van der Waals surface area contributed by atoms with Gasteiger partial charge in [0, 0.05) is 12.1 Å². The van der Waals surface area contributed by atoms with Gasteiger partial charge in [-0.3, -0.25) is 10.1 Å². The van der Waals surface area contributed by atoms with Crippen LogP contribution in [-0.4, -0.2) is 42.0 Å². The number of nitrogens with one attached hydrogen (secondary N) is 2. The third-order valence-electron chi connectivity index (χ3n) is 4.61. The number of carbonyl (C=O) groups excluding carboxylic acids is 3. The molecule has 1 aromatic carbocycles. The Morgan fingerprint density at radius 3 is 2.56 bits per heavy atom. The molecule has 2 unspecified atom stereocenters. The lowest BCUT2D eigenvalue weighted by molar-refractivity contribution is -0.274. The highest BCUT2D eigenvalue weighted by Gasteiger charge is 2.42. The molecule has 9 nitrogen and oxygen atoms in total. The van der Waals surface area contributed by atoms with Crippen molar-refractivity contribution in [2.45, 2.75) is 32.2 Å². The zero-order chi connectivity index (χ0) is 23.5. The summed E-state index contributed by atoms with van der Waals surface area (Å²) in [6, 6.07) is 5.91. The molecule has 170 valence electrons. The second kappa shape index (κ2) is 9.12. The number of rotatable bonds is 6. The molecule has 0 saturated carbocycles. The number of hydrogen-bond donors (Lipinski definition) is 2. The third-order valence-corrected chi connectivity index (χ3v) is 4.61. The Morgan fingerprint density at radius 1 is 1.25 bits per heavy atom. The number of nitrogens with zero attached hydrogens (tertiary/aromatic N) is 2. The highest BCUT2D eigenvalue weighted by molar-refractivity contribution is 6.21. The fraction of sp³-hybridized carbons (Fsp3) is 0.300. The van der Waals surface area contributed by atoms with Crippen molar-refractivity contribution in [3.63, 3.8) is 0 Å². The molecule has 1 aliphatic rings. The number of halogens is 3. The van der Waals surface area contributed by atoms with E-state index in [0.29, 0.717) is 5.56 Å². The Balaban J connectivity index is 1.75. The summed E-state index contributed by atoms with van der Waals surface area (Å²) in [7, 11) is 0. The summed E-state index contributed by atoms with van der Waals surface area (Å²) in [5.74, 6) is -1.35. The first-order valence-electron chi connectivity index (χ1n) is 9.49. The van der Waals surface area contributed by atoms with Crippen LogP contribution in [-0.2, 0) is 9.53 Å². The van der Waals surface area contributed by atoms with Gasteiger partial charge in [-0.05, 0) is 48.9 Å². The van der Waals surface area contributed by atoms with Crippen molar-refractivity contribution >= 4 is 29.5 Å². The molecule has 4 amide bonds. The number of carbonyl (C=O) groups is 3. The van der Waals surface area contributed by atoms with E-state index >= 15 is 0 Å². The number of benzene rings is 1. The lowest BCUT2D eigenvalue weighted by Gasteiger charge is -2.19. The number of urea groups is 1. The average molecular weight is 452 g/mol. The number of alkyl halides is 3. The van der Waals surface area contributed by atoms with Gasteiger partial charge in [0.25, 0.3) is 5.91 Å². The first-order chi connectivity index (χ1) is 15.1. The maximum absolute atomic E-state index is 12.9. The van der Waals surface area contributed by atoms with Crippen LogP contribution >= 0.6 is 0 Å². The monoisotopic (exact) mass is 452 g/mol. The molecule has 0 spiro atoms. The Bertz CT molecular complexity index is 1010. The van der Waals surface area contributed by atoms with E-state index < -0.39 is 42.1 Å². The molecule has 12 heteroatoms. The predicted octanol–water partition coefficient (Wildman–Crippen LogP) is 3.78. The standard InChI is InChI=1S/C20H19F3N4O5/c1-3-31-19(30)25-15-10-12(8-9-24-15)11(2)16-17(28)27(18(29)26-16)13-4-6-14(7-5-13)32-20(21,22)23/h4-11,16H,3H2,1-2H3,(H,26,29)(H,24,25,30). The molecule has 2 aromatic rings. The molecule has 1 saturated heterocycles. The molecule has 1 aliphatic heterocycles. The van der Waals surface area contributed by atoms with Gasteiger partial charge < -0.3 is 14.8 Å².